The van der Waals surface area contributed by atoms with E-state index in [1.807, 2.05) is 0 Å². The van der Waals surface area contributed by atoms with Crippen LogP contribution in [-0.4, -0.2) is 16.7 Å². The Bertz CT molecular complexity index is 263. The third-order valence-corrected chi connectivity index (χ3v) is 2.82. The summed E-state index contributed by atoms with van der Waals surface area (Å²) < 4.78 is 0. The second kappa shape index (κ2) is 3.92. The maximum atomic E-state index is 5.45. The van der Waals surface area contributed by atoms with Gasteiger partial charge in [-0.3, -0.25) is 5.10 Å². The minimum Gasteiger partial charge on any atom is -0.330 e. The van der Waals surface area contributed by atoms with Gasteiger partial charge in [0.25, 0.3) is 0 Å². The molecule has 0 atom stereocenters. The van der Waals surface area contributed by atoms with Crippen molar-refractivity contribution in [2.24, 2.45) is 5.73 Å². The number of H-pyrrole nitrogens is 1. The first-order valence-electron chi connectivity index (χ1n) is 5.14. The molecule has 0 saturated heterocycles. The molecule has 72 valence electrons. The molecule has 1 aromatic rings. The van der Waals surface area contributed by atoms with E-state index >= 15 is 0 Å². The smallest absolute Gasteiger partial charge is 0.0655 e. The molecule has 1 heterocycles. The SMILES string of the molecule is NCCCc1cc(C2CCC2)n[nH]1. The van der Waals surface area contributed by atoms with Crippen LogP contribution in [0.1, 0.15) is 43.0 Å². The van der Waals surface area contributed by atoms with Crippen LogP contribution in [0.15, 0.2) is 6.07 Å². The van der Waals surface area contributed by atoms with Crippen LogP contribution < -0.4 is 5.73 Å². The van der Waals surface area contributed by atoms with Crippen LogP contribution in [0.5, 0.6) is 0 Å². The Morgan fingerprint density at radius 2 is 2.38 bits per heavy atom. The Balaban J connectivity index is 1.92. The predicted molar refractivity (Wildman–Crippen MR) is 52.6 cm³/mol. The molecule has 0 unspecified atom stereocenters. The number of hydrogen-bond donors (Lipinski definition) is 2. The molecule has 0 bridgehead atoms. The molecular weight excluding hydrogens is 162 g/mol. The van der Waals surface area contributed by atoms with E-state index in [4.69, 9.17) is 5.73 Å². The Labute approximate surface area is 78.7 Å². The fourth-order valence-electron chi connectivity index (χ4n) is 1.71. The van der Waals surface area contributed by atoms with Crippen LogP contribution in [0, 0.1) is 0 Å². The van der Waals surface area contributed by atoms with Crippen molar-refractivity contribution in [2.45, 2.75) is 38.0 Å². The van der Waals surface area contributed by atoms with Gasteiger partial charge in [0, 0.05) is 11.6 Å². The van der Waals surface area contributed by atoms with Crippen molar-refractivity contribution in [3.8, 4) is 0 Å². The van der Waals surface area contributed by atoms with Gasteiger partial charge >= 0.3 is 0 Å². The van der Waals surface area contributed by atoms with Crippen molar-refractivity contribution < 1.29 is 0 Å². The highest BCUT2D eigenvalue weighted by Gasteiger charge is 2.21. The van der Waals surface area contributed by atoms with E-state index in [2.05, 4.69) is 16.3 Å². The number of aryl methyl sites for hydroxylation is 1. The monoisotopic (exact) mass is 179 g/mol. The predicted octanol–water partition coefficient (Wildman–Crippen LogP) is 1.57. The molecule has 1 aliphatic carbocycles. The number of rotatable bonds is 4. The van der Waals surface area contributed by atoms with Crippen molar-refractivity contribution in [2.75, 3.05) is 6.54 Å². The quantitative estimate of drug-likeness (QED) is 0.737. The maximum absolute atomic E-state index is 5.45. The summed E-state index contributed by atoms with van der Waals surface area (Å²) >= 11 is 0. The molecule has 0 aliphatic heterocycles. The number of aromatic amines is 1. The van der Waals surface area contributed by atoms with Gasteiger partial charge in [0.15, 0.2) is 0 Å². The molecule has 1 aliphatic rings. The molecule has 3 N–H and O–H groups in total. The largest absolute Gasteiger partial charge is 0.330 e. The summed E-state index contributed by atoms with van der Waals surface area (Å²) in [5.41, 5.74) is 7.95. The zero-order valence-corrected chi connectivity index (χ0v) is 7.92. The summed E-state index contributed by atoms with van der Waals surface area (Å²) in [5.74, 6) is 0.739. The highest BCUT2D eigenvalue weighted by Crippen LogP contribution is 2.35. The van der Waals surface area contributed by atoms with Crippen molar-refractivity contribution >= 4 is 0 Å². The molecule has 2 rings (SSSR count). The van der Waals surface area contributed by atoms with Gasteiger partial charge < -0.3 is 5.73 Å². The highest BCUT2D eigenvalue weighted by molar-refractivity contribution is 5.15. The lowest BCUT2D eigenvalue weighted by Gasteiger charge is -2.22. The molecule has 0 amide bonds. The average Bonchev–Trinajstić information content (AvgIpc) is 2.46. The zero-order valence-electron chi connectivity index (χ0n) is 7.92. The van der Waals surface area contributed by atoms with Gasteiger partial charge in [0.05, 0.1) is 5.69 Å². The minimum absolute atomic E-state index is 0.739. The second-order valence-corrected chi connectivity index (χ2v) is 3.84. The van der Waals surface area contributed by atoms with Gasteiger partial charge in [-0.1, -0.05) is 6.42 Å². The number of nitrogens with two attached hydrogens (primary N) is 1. The van der Waals surface area contributed by atoms with Gasteiger partial charge in [-0.25, -0.2) is 0 Å². The molecule has 3 heteroatoms. The first kappa shape index (κ1) is 8.75. The minimum atomic E-state index is 0.739. The van der Waals surface area contributed by atoms with Crippen molar-refractivity contribution in [3.05, 3.63) is 17.5 Å². The first-order valence-corrected chi connectivity index (χ1v) is 5.14. The highest BCUT2D eigenvalue weighted by atomic mass is 15.1. The standard InChI is InChI=1S/C10H17N3/c11-6-2-5-9-7-10(13-12-9)8-3-1-4-8/h7-8H,1-6,11H2,(H,12,13). The average molecular weight is 179 g/mol. The third-order valence-electron chi connectivity index (χ3n) is 2.82. The van der Waals surface area contributed by atoms with Crippen LogP contribution in [0.25, 0.3) is 0 Å². The van der Waals surface area contributed by atoms with Crippen LogP contribution in [-0.2, 0) is 6.42 Å². The summed E-state index contributed by atoms with van der Waals surface area (Å²) in [7, 11) is 0. The van der Waals surface area contributed by atoms with Gasteiger partial charge in [-0.2, -0.15) is 5.10 Å². The Kier molecular flexibility index (Phi) is 2.64. The van der Waals surface area contributed by atoms with Crippen LogP contribution >= 0.6 is 0 Å². The van der Waals surface area contributed by atoms with E-state index < -0.39 is 0 Å². The van der Waals surface area contributed by atoms with E-state index in [1.165, 1.54) is 30.7 Å². The van der Waals surface area contributed by atoms with Crippen molar-refractivity contribution in [3.63, 3.8) is 0 Å². The zero-order chi connectivity index (χ0) is 9.10. The normalized spacial score (nSPS) is 17.3. The first-order chi connectivity index (χ1) is 6.40. The van der Waals surface area contributed by atoms with Crippen LogP contribution in [0.3, 0.4) is 0 Å². The Hall–Kier alpha value is -0.830. The summed E-state index contributed by atoms with van der Waals surface area (Å²) in [4.78, 5) is 0. The van der Waals surface area contributed by atoms with Gasteiger partial charge in [-0.15, -0.1) is 0 Å². The molecular formula is C10H17N3. The number of nitrogens with zero attached hydrogens (tertiary/aromatic N) is 1. The Morgan fingerprint density at radius 3 is 3.00 bits per heavy atom. The van der Waals surface area contributed by atoms with E-state index in [-0.39, 0.29) is 0 Å². The van der Waals surface area contributed by atoms with Gasteiger partial charge in [0.2, 0.25) is 0 Å². The van der Waals surface area contributed by atoms with Gasteiger partial charge in [-0.05, 0) is 38.3 Å². The third kappa shape index (κ3) is 1.91. The van der Waals surface area contributed by atoms with E-state index in [0.717, 1.165) is 25.3 Å². The number of hydrogen-bond acceptors (Lipinski definition) is 2. The molecule has 1 saturated carbocycles. The molecule has 0 aromatic carbocycles. The lowest BCUT2D eigenvalue weighted by Crippen LogP contribution is -2.08. The van der Waals surface area contributed by atoms with E-state index in [9.17, 15) is 0 Å². The molecule has 0 spiro atoms. The van der Waals surface area contributed by atoms with Crippen LogP contribution in [0.4, 0.5) is 0 Å². The number of aromatic nitrogens is 2. The lowest BCUT2D eigenvalue weighted by molar-refractivity contribution is 0.410. The number of nitrogens with one attached hydrogen (secondary N) is 1. The van der Waals surface area contributed by atoms with E-state index in [0.29, 0.717) is 0 Å². The fraction of sp³-hybridized carbons (Fsp3) is 0.700. The molecule has 0 radical (unpaired) electrons. The lowest BCUT2D eigenvalue weighted by atomic mass is 9.83. The second-order valence-electron chi connectivity index (χ2n) is 3.84. The summed E-state index contributed by atoms with van der Waals surface area (Å²) in [5, 5.41) is 7.41. The Morgan fingerprint density at radius 1 is 1.54 bits per heavy atom. The van der Waals surface area contributed by atoms with E-state index in [1.54, 1.807) is 0 Å². The summed E-state index contributed by atoms with van der Waals surface area (Å²) in [6, 6.07) is 2.21. The van der Waals surface area contributed by atoms with Crippen molar-refractivity contribution in [1.29, 1.82) is 0 Å². The summed E-state index contributed by atoms with van der Waals surface area (Å²) in [6.07, 6.45) is 6.10. The fourth-order valence-corrected chi connectivity index (χ4v) is 1.71. The maximum Gasteiger partial charge on any atom is 0.0655 e. The van der Waals surface area contributed by atoms with Gasteiger partial charge in [0.1, 0.15) is 0 Å². The molecule has 1 aromatic heterocycles. The summed E-state index contributed by atoms with van der Waals surface area (Å²) in [6.45, 7) is 0.762. The van der Waals surface area contributed by atoms with Crippen molar-refractivity contribution in [1.82, 2.24) is 10.2 Å². The molecule has 13 heavy (non-hydrogen) atoms. The molecule has 1 fully saturated rings. The van der Waals surface area contributed by atoms with Crippen LogP contribution in [0.2, 0.25) is 0 Å². The molecule has 3 nitrogen and oxygen atoms in total. The topological polar surface area (TPSA) is 54.7 Å².